The second-order valence-electron chi connectivity index (χ2n) is 7.57. The Labute approximate surface area is 189 Å². The second kappa shape index (κ2) is 10.1. The van der Waals surface area contributed by atoms with Crippen LogP contribution in [0.3, 0.4) is 0 Å². The molecule has 1 aromatic heterocycles. The van der Waals surface area contributed by atoms with Crippen LogP contribution < -0.4 is 21.6 Å². The highest BCUT2D eigenvalue weighted by atomic mass is 16.5. The van der Waals surface area contributed by atoms with Gasteiger partial charge in [0.2, 0.25) is 5.91 Å². The summed E-state index contributed by atoms with van der Waals surface area (Å²) in [4.78, 5) is 48.8. The summed E-state index contributed by atoms with van der Waals surface area (Å²) < 4.78 is 10.5. The van der Waals surface area contributed by atoms with Crippen LogP contribution in [0.5, 0.6) is 0 Å². The van der Waals surface area contributed by atoms with Gasteiger partial charge in [0, 0.05) is 36.3 Å². The van der Waals surface area contributed by atoms with Crippen LogP contribution in [0.25, 0.3) is 11.0 Å². The predicted molar refractivity (Wildman–Crippen MR) is 121 cm³/mol. The van der Waals surface area contributed by atoms with Crippen molar-refractivity contribution in [3.8, 4) is 0 Å². The Morgan fingerprint density at radius 2 is 1.70 bits per heavy atom. The number of carbonyl (C=O) groups is 3. The fourth-order valence-corrected chi connectivity index (χ4v) is 3.49. The van der Waals surface area contributed by atoms with Crippen molar-refractivity contribution < 1.29 is 23.5 Å². The normalized spacial score (nSPS) is 15.2. The van der Waals surface area contributed by atoms with Crippen molar-refractivity contribution >= 4 is 34.4 Å². The maximum Gasteiger partial charge on any atom is 0.349 e. The molecule has 1 fully saturated rings. The number of carbonyl (C=O) groups excluding carboxylic acids is 3. The number of anilines is 1. The van der Waals surface area contributed by atoms with Gasteiger partial charge in [-0.15, -0.1) is 0 Å². The van der Waals surface area contributed by atoms with Crippen molar-refractivity contribution in [2.75, 3.05) is 25.0 Å². The van der Waals surface area contributed by atoms with Crippen molar-refractivity contribution in [1.82, 2.24) is 10.6 Å². The average Bonchev–Trinajstić information content (AvgIpc) is 3.37. The third-order valence-electron chi connectivity index (χ3n) is 5.22. The number of rotatable bonds is 7. The van der Waals surface area contributed by atoms with E-state index in [0.29, 0.717) is 41.8 Å². The van der Waals surface area contributed by atoms with Crippen molar-refractivity contribution in [1.29, 1.82) is 0 Å². The zero-order chi connectivity index (χ0) is 23.2. The van der Waals surface area contributed by atoms with Crippen LogP contribution >= 0.6 is 0 Å². The molecule has 9 nitrogen and oxygen atoms in total. The van der Waals surface area contributed by atoms with Crippen molar-refractivity contribution in [3.05, 3.63) is 76.1 Å². The van der Waals surface area contributed by atoms with Gasteiger partial charge in [-0.3, -0.25) is 14.4 Å². The van der Waals surface area contributed by atoms with Gasteiger partial charge >= 0.3 is 5.63 Å². The largest absolute Gasteiger partial charge is 0.422 e. The van der Waals surface area contributed by atoms with Gasteiger partial charge in [0.25, 0.3) is 11.8 Å². The smallest absolute Gasteiger partial charge is 0.349 e. The van der Waals surface area contributed by atoms with Crippen molar-refractivity contribution in [3.63, 3.8) is 0 Å². The summed E-state index contributed by atoms with van der Waals surface area (Å²) >= 11 is 0. The molecule has 3 aromatic rings. The maximum atomic E-state index is 12.5. The monoisotopic (exact) mass is 449 g/mol. The summed E-state index contributed by atoms with van der Waals surface area (Å²) in [6.45, 7) is 1.17. The van der Waals surface area contributed by atoms with Crippen LogP contribution in [0.15, 0.2) is 63.8 Å². The highest BCUT2D eigenvalue weighted by Gasteiger charge is 2.22. The number of ether oxygens (including phenoxy) is 1. The van der Waals surface area contributed by atoms with Crippen LogP contribution in [-0.2, 0) is 9.53 Å². The fourth-order valence-electron chi connectivity index (χ4n) is 3.49. The molecule has 4 rings (SSSR count). The molecule has 1 atom stereocenters. The Balaban J connectivity index is 1.29. The second-order valence-corrected chi connectivity index (χ2v) is 7.57. The number of hydrogen-bond donors (Lipinski definition) is 3. The van der Waals surface area contributed by atoms with E-state index in [1.807, 2.05) is 0 Å². The summed E-state index contributed by atoms with van der Waals surface area (Å²) in [5.74, 6) is -1.08. The first kappa shape index (κ1) is 22.2. The van der Waals surface area contributed by atoms with Gasteiger partial charge in [-0.25, -0.2) is 4.79 Å². The molecule has 2 aromatic carbocycles. The molecular formula is C24H23N3O6. The number of para-hydroxylation sites is 1. The summed E-state index contributed by atoms with van der Waals surface area (Å²) in [5, 5.41) is 8.73. The molecule has 0 saturated carbocycles. The minimum atomic E-state index is -0.728. The molecule has 1 unspecified atom stereocenters. The lowest BCUT2D eigenvalue weighted by molar-refractivity contribution is -0.129. The highest BCUT2D eigenvalue weighted by molar-refractivity contribution is 6.05. The fraction of sp³-hybridized carbons (Fsp3) is 0.250. The lowest BCUT2D eigenvalue weighted by atomic mass is 10.1. The standard InChI is InChI=1S/C24H23N3O6/c28-21(25-11-12-26-23(30)20-6-3-13-32-20)15-7-9-17(10-8-15)27-22(29)18-14-16-4-1-2-5-19(16)33-24(18)31/h1-2,4-5,7-10,14,20H,3,6,11-13H2,(H,25,28)(H,26,30)(H,27,29). The van der Waals surface area contributed by atoms with Gasteiger partial charge in [0.15, 0.2) is 0 Å². The van der Waals surface area contributed by atoms with Gasteiger partial charge in [0.05, 0.1) is 0 Å². The Morgan fingerprint density at radius 1 is 0.939 bits per heavy atom. The van der Waals surface area contributed by atoms with E-state index in [1.165, 1.54) is 6.07 Å². The minimum Gasteiger partial charge on any atom is -0.422 e. The summed E-state index contributed by atoms with van der Waals surface area (Å²) in [7, 11) is 0. The maximum absolute atomic E-state index is 12.5. The van der Waals surface area contributed by atoms with E-state index < -0.39 is 17.6 Å². The van der Waals surface area contributed by atoms with Crippen LogP contribution in [0.4, 0.5) is 5.69 Å². The first-order valence-corrected chi connectivity index (χ1v) is 10.6. The average molecular weight is 449 g/mol. The quantitative estimate of drug-likeness (QED) is 0.374. The molecule has 1 aliphatic heterocycles. The molecule has 9 heteroatoms. The Kier molecular flexibility index (Phi) is 6.80. The Bertz CT molecular complexity index is 1230. The van der Waals surface area contributed by atoms with Gasteiger partial charge in [-0.1, -0.05) is 18.2 Å². The topological polar surface area (TPSA) is 127 Å². The molecule has 1 aliphatic rings. The molecule has 3 N–H and O–H groups in total. The molecule has 0 bridgehead atoms. The lowest BCUT2D eigenvalue weighted by Gasteiger charge is -2.11. The van der Waals surface area contributed by atoms with Crippen LogP contribution in [0, 0.1) is 0 Å². The van der Waals surface area contributed by atoms with Gasteiger partial charge < -0.3 is 25.1 Å². The Hall–Kier alpha value is -3.98. The number of amides is 3. The van der Waals surface area contributed by atoms with Crippen LogP contribution in [0.1, 0.15) is 33.6 Å². The molecule has 3 amide bonds. The third kappa shape index (κ3) is 5.45. The first-order chi connectivity index (χ1) is 16.0. The number of fused-ring (bicyclic) bond motifs is 1. The molecule has 170 valence electrons. The molecular weight excluding hydrogens is 426 g/mol. The van der Waals surface area contributed by atoms with E-state index in [9.17, 15) is 19.2 Å². The molecule has 2 heterocycles. The van der Waals surface area contributed by atoms with Crippen molar-refractivity contribution in [2.45, 2.75) is 18.9 Å². The van der Waals surface area contributed by atoms with E-state index in [0.717, 1.165) is 6.42 Å². The highest BCUT2D eigenvalue weighted by Crippen LogP contribution is 2.15. The predicted octanol–water partition coefficient (Wildman–Crippen LogP) is 2.07. The minimum absolute atomic E-state index is 0.111. The van der Waals surface area contributed by atoms with E-state index >= 15 is 0 Å². The number of hydrogen-bond acceptors (Lipinski definition) is 6. The van der Waals surface area contributed by atoms with E-state index in [2.05, 4.69) is 16.0 Å². The molecule has 1 saturated heterocycles. The number of nitrogens with one attached hydrogen (secondary N) is 3. The van der Waals surface area contributed by atoms with E-state index in [4.69, 9.17) is 9.15 Å². The summed E-state index contributed by atoms with van der Waals surface area (Å²) in [6, 6.07) is 14.6. The molecule has 0 spiro atoms. The third-order valence-corrected chi connectivity index (χ3v) is 5.22. The molecule has 0 aliphatic carbocycles. The van der Waals surface area contributed by atoms with E-state index in [1.54, 1.807) is 48.5 Å². The zero-order valence-electron chi connectivity index (χ0n) is 17.8. The summed E-state index contributed by atoms with van der Waals surface area (Å²) in [6.07, 6.45) is 1.19. The number of benzene rings is 2. The van der Waals surface area contributed by atoms with Crippen molar-refractivity contribution in [2.24, 2.45) is 0 Å². The zero-order valence-corrected chi connectivity index (χ0v) is 17.8. The van der Waals surface area contributed by atoms with Gasteiger partial charge in [-0.05, 0) is 49.2 Å². The van der Waals surface area contributed by atoms with E-state index in [-0.39, 0.29) is 23.9 Å². The lowest BCUT2D eigenvalue weighted by Crippen LogP contribution is -2.39. The van der Waals surface area contributed by atoms with Gasteiger partial charge in [-0.2, -0.15) is 0 Å². The molecule has 33 heavy (non-hydrogen) atoms. The van der Waals surface area contributed by atoms with Crippen LogP contribution in [-0.4, -0.2) is 43.5 Å². The van der Waals surface area contributed by atoms with Crippen LogP contribution in [0.2, 0.25) is 0 Å². The summed E-state index contributed by atoms with van der Waals surface area (Å²) in [5.41, 5.74) is 0.381. The SMILES string of the molecule is O=C(NCCNC(=O)C1CCCO1)c1ccc(NC(=O)c2cc3ccccc3oc2=O)cc1. The van der Waals surface area contributed by atoms with Gasteiger partial charge in [0.1, 0.15) is 17.3 Å². The Morgan fingerprint density at radius 3 is 2.45 bits per heavy atom. The first-order valence-electron chi connectivity index (χ1n) is 10.6. The molecule has 0 radical (unpaired) electrons.